The first-order chi connectivity index (χ1) is 9.50. The molecule has 4 heteroatoms. The van der Waals surface area contributed by atoms with E-state index in [0.29, 0.717) is 12.1 Å². The van der Waals surface area contributed by atoms with E-state index in [0.717, 1.165) is 5.56 Å². The number of benzene rings is 2. The molecule has 0 saturated heterocycles. The van der Waals surface area contributed by atoms with Gasteiger partial charge in [-0.2, -0.15) is 0 Å². The molecular formula is C16H17F2NO. The van der Waals surface area contributed by atoms with Crippen molar-refractivity contribution < 1.29 is 13.9 Å². The van der Waals surface area contributed by atoms with Crippen molar-refractivity contribution in [2.45, 2.75) is 26.4 Å². The summed E-state index contributed by atoms with van der Waals surface area (Å²) < 4.78 is 27.3. The maximum Gasteiger partial charge on any atom is 0.130 e. The molecule has 2 N–H and O–H groups in total. The molecule has 0 fully saturated rings. The van der Waals surface area contributed by atoms with Crippen LogP contribution in [0, 0.1) is 18.6 Å². The van der Waals surface area contributed by atoms with E-state index in [4.69, 9.17) is 0 Å². The number of aryl methyl sites for hydroxylation is 1. The van der Waals surface area contributed by atoms with E-state index in [-0.39, 0.29) is 11.3 Å². The van der Waals surface area contributed by atoms with Crippen molar-refractivity contribution in [1.29, 1.82) is 0 Å². The Bertz CT molecular complexity index is 593. The zero-order valence-electron chi connectivity index (χ0n) is 11.5. The van der Waals surface area contributed by atoms with Crippen LogP contribution in [0.1, 0.15) is 29.7 Å². The summed E-state index contributed by atoms with van der Waals surface area (Å²) in [7, 11) is 0. The molecule has 0 radical (unpaired) electrons. The van der Waals surface area contributed by atoms with Crippen LogP contribution in [0.25, 0.3) is 0 Å². The molecule has 0 aliphatic rings. The second kappa shape index (κ2) is 6.01. The molecule has 2 rings (SSSR count). The second-order valence-electron chi connectivity index (χ2n) is 4.82. The van der Waals surface area contributed by atoms with E-state index < -0.39 is 17.7 Å². The van der Waals surface area contributed by atoms with Gasteiger partial charge in [0.15, 0.2) is 0 Å². The highest BCUT2D eigenvalue weighted by molar-refractivity contribution is 5.39. The average molecular weight is 277 g/mol. The zero-order chi connectivity index (χ0) is 14.7. The van der Waals surface area contributed by atoms with Gasteiger partial charge in [-0.15, -0.1) is 0 Å². The number of halogens is 2. The van der Waals surface area contributed by atoms with Crippen LogP contribution < -0.4 is 5.32 Å². The fourth-order valence-corrected chi connectivity index (χ4v) is 2.15. The molecule has 0 amide bonds. The van der Waals surface area contributed by atoms with Gasteiger partial charge < -0.3 is 10.4 Å². The maximum absolute atomic E-state index is 13.6. The number of nitrogens with one attached hydrogen (secondary N) is 1. The SMILES string of the molecule is Cc1cccc(CNC(C)c2c(F)cccc2F)c1O. The van der Waals surface area contributed by atoms with E-state index in [1.165, 1.54) is 18.2 Å². The maximum atomic E-state index is 13.6. The van der Waals surface area contributed by atoms with Crippen molar-refractivity contribution in [1.82, 2.24) is 5.32 Å². The standard InChI is InChI=1S/C16H17F2NO/c1-10-5-3-6-12(16(10)20)9-19-11(2)15-13(17)7-4-8-14(15)18/h3-8,11,19-20H,9H2,1-2H3. The van der Waals surface area contributed by atoms with Gasteiger partial charge in [-0.05, 0) is 31.5 Å². The van der Waals surface area contributed by atoms with Crippen molar-refractivity contribution in [3.05, 3.63) is 64.7 Å². The van der Waals surface area contributed by atoms with Crippen LogP contribution in [0.4, 0.5) is 8.78 Å². The Labute approximate surface area is 117 Å². The summed E-state index contributed by atoms with van der Waals surface area (Å²) in [5.74, 6) is -0.932. The van der Waals surface area contributed by atoms with Gasteiger partial charge in [0.05, 0.1) is 0 Å². The molecule has 0 bridgehead atoms. The zero-order valence-corrected chi connectivity index (χ0v) is 11.5. The molecule has 1 unspecified atom stereocenters. The predicted molar refractivity (Wildman–Crippen MR) is 74.5 cm³/mol. The van der Waals surface area contributed by atoms with Crippen LogP contribution in [0.15, 0.2) is 36.4 Å². The first-order valence-electron chi connectivity index (χ1n) is 6.45. The summed E-state index contributed by atoms with van der Waals surface area (Å²) in [6.07, 6.45) is 0. The van der Waals surface area contributed by atoms with Crippen LogP contribution in [0.2, 0.25) is 0 Å². The summed E-state index contributed by atoms with van der Waals surface area (Å²) in [5, 5.41) is 12.9. The van der Waals surface area contributed by atoms with Crippen molar-refractivity contribution in [2.75, 3.05) is 0 Å². The molecule has 2 nitrogen and oxygen atoms in total. The van der Waals surface area contributed by atoms with Crippen LogP contribution >= 0.6 is 0 Å². The number of phenolic OH excluding ortho intramolecular Hbond substituents is 1. The summed E-state index contributed by atoms with van der Waals surface area (Å²) in [6.45, 7) is 3.83. The Morgan fingerprint density at radius 1 is 1.10 bits per heavy atom. The van der Waals surface area contributed by atoms with Gasteiger partial charge in [0.25, 0.3) is 0 Å². The van der Waals surface area contributed by atoms with Gasteiger partial charge in [-0.25, -0.2) is 8.78 Å². The summed E-state index contributed by atoms with van der Waals surface area (Å²) >= 11 is 0. The van der Waals surface area contributed by atoms with Crippen molar-refractivity contribution in [2.24, 2.45) is 0 Å². The van der Waals surface area contributed by atoms with Crippen molar-refractivity contribution >= 4 is 0 Å². The van der Waals surface area contributed by atoms with Gasteiger partial charge in [0, 0.05) is 23.7 Å². The summed E-state index contributed by atoms with van der Waals surface area (Å²) in [6, 6.07) is 8.74. The third-order valence-electron chi connectivity index (χ3n) is 3.35. The fraction of sp³-hybridized carbons (Fsp3) is 0.250. The quantitative estimate of drug-likeness (QED) is 0.890. The predicted octanol–water partition coefficient (Wildman–Crippen LogP) is 3.83. The largest absolute Gasteiger partial charge is 0.507 e. The molecule has 0 aliphatic carbocycles. The highest BCUT2D eigenvalue weighted by atomic mass is 19.1. The van der Waals surface area contributed by atoms with Crippen LogP contribution in [-0.2, 0) is 6.54 Å². The van der Waals surface area contributed by atoms with Gasteiger partial charge in [-0.1, -0.05) is 24.3 Å². The lowest BCUT2D eigenvalue weighted by Crippen LogP contribution is -2.20. The molecule has 0 aromatic heterocycles. The van der Waals surface area contributed by atoms with Crippen molar-refractivity contribution in [3.8, 4) is 5.75 Å². The number of para-hydroxylation sites is 1. The molecule has 0 saturated carbocycles. The fourth-order valence-electron chi connectivity index (χ4n) is 2.15. The monoisotopic (exact) mass is 277 g/mol. The molecule has 0 aliphatic heterocycles. The summed E-state index contributed by atoms with van der Waals surface area (Å²) in [4.78, 5) is 0. The molecular weight excluding hydrogens is 260 g/mol. The average Bonchev–Trinajstić information content (AvgIpc) is 2.40. The Hall–Kier alpha value is -1.94. The normalized spacial score (nSPS) is 12.4. The number of phenols is 1. The van der Waals surface area contributed by atoms with E-state index in [1.807, 2.05) is 6.07 Å². The van der Waals surface area contributed by atoms with Crippen LogP contribution in [0.3, 0.4) is 0 Å². The molecule has 2 aromatic rings. The Balaban J connectivity index is 2.13. The molecule has 0 heterocycles. The van der Waals surface area contributed by atoms with Gasteiger partial charge >= 0.3 is 0 Å². The number of rotatable bonds is 4. The van der Waals surface area contributed by atoms with Crippen LogP contribution in [0.5, 0.6) is 5.75 Å². The lowest BCUT2D eigenvalue weighted by Gasteiger charge is -2.16. The first-order valence-corrected chi connectivity index (χ1v) is 6.45. The lowest BCUT2D eigenvalue weighted by atomic mass is 10.1. The minimum atomic E-state index is -0.571. The topological polar surface area (TPSA) is 32.3 Å². The first kappa shape index (κ1) is 14.5. The third kappa shape index (κ3) is 2.96. The Kier molecular flexibility index (Phi) is 4.35. The number of aromatic hydroxyl groups is 1. The van der Waals surface area contributed by atoms with Gasteiger partial charge in [-0.3, -0.25) is 0 Å². The van der Waals surface area contributed by atoms with Gasteiger partial charge in [0.2, 0.25) is 0 Å². The van der Waals surface area contributed by atoms with Crippen LogP contribution in [-0.4, -0.2) is 5.11 Å². The van der Waals surface area contributed by atoms with Gasteiger partial charge in [0.1, 0.15) is 17.4 Å². The minimum Gasteiger partial charge on any atom is -0.507 e. The summed E-state index contributed by atoms with van der Waals surface area (Å²) in [5.41, 5.74) is 1.49. The van der Waals surface area contributed by atoms with E-state index >= 15 is 0 Å². The third-order valence-corrected chi connectivity index (χ3v) is 3.35. The molecule has 1 atom stereocenters. The Morgan fingerprint density at radius 2 is 1.70 bits per heavy atom. The minimum absolute atomic E-state index is 0.0136. The molecule has 0 spiro atoms. The lowest BCUT2D eigenvalue weighted by molar-refractivity contribution is 0.450. The number of hydrogen-bond donors (Lipinski definition) is 2. The second-order valence-corrected chi connectivity index (χ2v) is 4.82. The molecule has 106 valence electrons. The highest BCUT2D eigenvalue weighted by Gasteiger charge is 2.16. The Morgan fingerprint density at radius 3 is 2.35 bits per heavy atom. The van der Waals surface area contributed by atoms with E-state index in [1.54, 1.807) is 26.0 Å². The van der Waals surface area contributed by atoms with E-state index in [2.05, 4.69) is 5.32 Å². The number of hydrogen-bond acceptors (Lipinski definition) is 2. The highest BCUT2D eigenvalue weighted by Crippen LogP contribution is 2.24. The van der Waals surface area contributed by atoms with E-state index in [9.17, 15) is 13.9 Å². The molecule has 20 heavy (non-hydrogen) atoms. The smallest absolute Gasteiger partial charge is 0.130 e. The van der Waals surface area contributed by atoms with Crippen molar-refractivity contribution in [3.63, 3.8) is 0 Å². The molecule has 2 aromatic carbocycles.